The molecule has 2 aromatic rings. The van der Waals surface area contributed by atoms with E-state index in [1.54, 1.807) is 0 Å². The summed E-state index contributed by atoms with van der Waals surface area (Å²) in [6.45, 7) is 7.37. The summed E-state index contributed by atoms with van der Waals surface area (Å²) in [5.41, 5.74) is 1.50. The average Bonchev–Trinajstić information content (AvgIpc) is 3.32. The van der Waals surface area contributed by atoms with Crippen LogP contribution in [0.4, 0.5) is 0 Å². The number of carboxylic acids is 2. The molecule has 2 fully saturated rings. The summed E-state index contributed by atoms with van der Waals surface area (Å²) in [7, 11) is 0. The fraction of sp³-hybridized carbons (Fsp3) is 0.556. The van der Waals surface area contributed by atoms with E-state index in [1.807, 2.05) is 29.1 Å². The summed E-state index contributed by atoms with van der Waals surface area (Å²) < 4.78 is 1.93. The molecule has 0 atom stereocenters. The van der Waals surface area contributed by atoms with Gasteiger partial charge in [0.2, 0.25) is 0 Å². The van der Waals surface area contributed by atoms with Crippen molar-refractivity contribution in [3.05, 3.63) is 42.1 Å². The van der Waals surface area contributed by atoms with Gasteiger partial charge in [0, 0.05) is 42.4 Å². The number of carbonyl (C=O) groups is 3. The van der Waals surface area contributed by atoms with Gasteiger partial charge in [-0.1, -0.05) is 31.4 Å². The number of hydrogen-bond acceptors (Lipinski definition) is 5. The molecule has 1 aliphatic carbocycles. The molecule has 1 saturated heterocycles. The minimum atomic E-state index is -1.26. The first-order chi connectivity index (χ1) is 17.2. The number of nitrogens with zero attached hydrogens (tertiary/aromatic N) is 3. The first-order valence-electron chi connectivity index (χ1n) is 12.9. The Bertz CT molecular complexity index is 1050. The number of carbonyl (C=O) groups excluding carboxylic acids is 1. The zero-order valence-electron chi connectivity index (χ0n) is 21.2. The topological polar surface area (TPSA) is 125 Å². The van der Waals surface area contributed by atoms with Crippen molar-refractivity contribution in [2.24, 2.45) is 5.92 Å². The maximum absolute atomic E-state index is 12.8. The lowest BCUT2D eigenvalue weighted by Gasteiger charge is -2.39. The smallest absolute Gasteiger partial charge is 0.328 e. The molecular formula is C27H38N4O5. The predicted octanol–water partition coefficient (Wildman–Crippen LogP) is 4.10. The van der Waals surface area contributed by atoms with Crippen molar-refractivity contribution in [2.45, 2.75) is 70.9 Å². The normalized spacial score (nSPS) is 17.8. The molecule has 9 nitrogen and oxygen atoms in total. The molecule has 0 spiro atoms. The Morgan fingerprint density at radius 1 is 1.03 bits per heavy atom. The lowest BCUT2D eigenvalue weighted by atomic mass is 9.90. The Labute approximate surface area is 212 Å². The first-order valence-corrected chi connectivity index (χ1v) is 12.9. The molecule has 0 unspecified atom stereocenters. The van der Waals surface area contributed by atoms with Crippen LogP contribution in [-0.2, 0) is 9.59 Å². The van der Waals surface area contributed by atoms with Crippen molar-refractivity contribution in [3.63, 3.8) is 0 Å². The third-order valence-electron chi connectivity index (χ3n) is 6.99. The second-order valence-corrected chi connectivity index (χ2v) is 9.94. The SMILES string of the molecule is CC(C)n1cc2cccc(C(=O)NCC3CCN(C4CCCCC4)CC3)c2n1.O=C(O)/C=C/C(=O)O. The molecule has 1 aromatic heterocycles. The number of aliphatic carboxylic acids is 2. The van der Waals surface area contributed by atoms with E-state index in [0.717, 1.165) is 23.5 Å². The van der Waals surface area contributed by atoms with Crippen LogP contribution in [0.15, 0.2) is 36.5 Å². The van der Waals surface area contributed by atoms with E-state index in [-0.39, 0.29) is 11.9 Å². The Morgan fingerprint density at radius 3 is 2.25 bits per heavy atom. The van der Waals surface area contributed by atoms with Gasteiger partial charge in [-0.05, 0) is 64.6 Å². The molecule has 1 aliphatic heterocycles. The number of piperidine rings is 1. The highest BCUT2D eigenvalue weighted by molar-refractivity contribution is 6.05. The summed E-state index contributed by atoms with van der Waals surface area (Å²) in [6, 6.07) is 6.97. The van der Waals surface area contributed by atoms with Gasteiger partial charge in [0.1, 0.15) is 5.52 Å². The summed E-state index contributed by atoms with van der Waals surface area (Å²) in [6.07, 6.45) is 12.5. The quantitative estimate of drug-likeness (QED) is 0.491. The highest BCUT2D eigenvalue weighted by atomic mass is 16.4. The Morgan fingerprint density at radius 2 is 1.67 bits per heavy atom. The van der Waals surface area contributed by atoms with Gasteiger partial charge in [0.05, 0.1) is 5.56 Å². The van der Waals surface area contributed by atoms with Gasteiger partial charge in [-0.15, -0.1) is 0 Å². The van der Waals surface area contributed by atoms with E-state index >= 15 is 0 Å². The zero-order valence-corrected chi connectivity index (χ0v) is 21.2. The van der Waals surface area contributed by atoms with E-state index in [2.05, 4.69) is 29.2 Å². The number of nitrogens with one attached hydrogen (secondary N) is 1. The van der Waals surface area contributed by atoms with Gasteiger partial charge in [-0.3, -0.25) is 9.48 Å². The molecule has 0 bridgehead atoms. The molecule has 4 rings (SSSR count). The van der Waals surface area contributed by atoms with Gasteiger partial charge < -0.3 is 20.4 Å². The number of carboxylic acid groups (broad SMARTS) is 2. The molecule has 1 aromatic carbocycles. The van der Waals surface area contributed by atoms with Crippen LogP contribution in [0.2, 0.25) is 0 Å². The number of likely N-dealkylation sites (tertiary alicyclic amines) is 1. The summed E-state index contributed by atoms with van der Waals surface area (Å²) >= 11 is 0. The molecule has 1 amide bonds. The van der Waals surface area contributed by atoms with E-state index < -0.39 is 11.9 Å². The van der Waals surface area contributed by atoms with E-state index in [9.17, 15) is 14.4 Å². The summed E-state index contributed by atoms with van der Waals surface area (Å²) in [5, 5.41) is 24.5. The fourth-order valence-electron chi connectivity index (χ4n) is 4.95. The van der Waals surface area contributed by atoms with Gasteiger partial charge in [0.15, 0.2) is 0 Å². The standard InChI is InChI=1S/C23H34N4O.C4H4O4/c1-17(2)27-16-19-7-6-10-21(22(19)25-27)23(28)24-15-18-11-13-26(14-12-18)20-8-4-3-5-9-20;5-3(6)1-2-4(7)8/h6-7,10,16-18,20H,3-5,8-9,11-15H2,1-2H3,(H,24,28);1-2H,(H,5,6)(H,7,8)/b;2-1+. The second kappa shape index (κ2) is 13.2. The number of benzene rings is 1. The van der Waals surface area contributed by atoms with Crippen LogP contribution in [0.5, 0.6) is 0 Å². The molecule has 196 valence electrons. The summed E-state index contributed by atoms with van der Waals surface area (Å²) in [4.78, 5) is 34.6. The molecule has 1 saturated carbocycles. The van der Waals surface area contributed by atoms with Crippen LogP contribution in [0.25, 0.3) is 10.9 Å². The van der Waals surface area contributed by atoms with Crippen molar-refractivity contribution in [3.8, 4) is 0 Å². The van der Waals surface area contributed by atoms with Crippen LogP contribution in [0.1, 0.15) is 75.2 Å². The average molecular weight is 499 g/mol. The van der Waals surface area contributed by atoms with Crippen molar-refractivity contribution >= 4 is 28.7 Å². The number of rotatable bonds is 7. The molecule has 2 heterocycles. The van der Waals surface area contributed by atoms with Crippen LogP contribution < -0.4 is 5.32 Å². The molecular weight excluding hydrogens is 460 g/mol. The van der Waals surface area contributed by atoms with Crippen LogP contribution >= 0.6 is 0 Å². The Balaban J connectivity index is 0.000000392. The molecule has 9 heteroatoms. The minimum Gasteiger partial charge on any atom is -0.478 e. The third kappa shape index (κ3) is 7.91. The largest absolute Gasteiger partial charge is 0.478 e. The van der Waals surface area contributed by atoms with Gasteiger partial charge in [0.25, 0.3) is 5.91 Å². The van der Waals surface area contributed by atoms with Crippen LogP contribution in [0, 0.1) is 5.92 Å². The molecule has 3 N–H and O–H groups in total. The highest BCUT2D eigenvalue weighted by Crippen LogP contribution is 2.27. The lowest BCUT2D eigenvalue weighted by Crippen LogP contribution is -2.44. The molecule has 0 radical (unpaired) electrons. The third-order valence-corrected chi connectivity index (χ3v) is 6.99. The monoisotopic (exact) mass is 498 g/mol. The maximum Gasteiger partial charge on any atom is 0.328 e. The summed E-state index contributed by atoms with van der Waals surface area (Å²) in [5.74, 6) is -1.91. The number of amides is 1. The van der Waals surface area contributed by atoms with Crippen molar-refractivity contribution in [1.82, 2.24) is 20.0 Å². The number of aromatic nitrogens is 2. The highest BCUT2D eigenvalue weighted by Gasteiger charge is 2.26. The van der Waals surface area contributed by atoms with Gasteiger partial charge in [-0.2, -0.15) is 5.10 Å². The molecule has 2 aliphatic rings. The Hall–Kier alpha value is -3.20. The number of hydrogen-bond donors (Lipinski definition) is 3. The van der Waals surface area contributed by atoms with Crippen LogP contribution in [-0.4, -0.2) is 68.4 Å². The van der Waals surface area contributed by atoms with Crippen molar-refractivity contribution < 1.29 is 24.6 Å². The van der Waals surface area contributed by atoms with Gasteiger partial charge in [-0.25, -0.2) is 9.59 Å². The van der Waals surface area contributed by atoms with Crippen LogP contribution in [0.3, 0.4) is 0 Å². The minimum absolute atomic E-state index is 0.00863. The molecule has 36 heavy (non-hydrogen) atoms. The van der Waals surface area contributed by atoms with E-state index in [4.69, 9.17) is 10.2 Å². The van der Waals surface area contributed by atoms with Crippen molar-refractivity contribution in [1.29, 1.82) is 0 Å². The maximum atomic E-state index is 12.8. The zero-order chi connectivity index (χ0) is 26.1. The second-order valence-electron chi connectivity index (χ2n) is 9.94. The Kier molecular flexibility index (Phi) is 10.0. The van der Waals surface area contributed by atoms with E-state index in [1.165, 1.54) is 58.0 Å². The van der Waals surface area contributed by atoms with E-state index in [0.29, 0.717) is 23.6 Å². The number of fused-ring (bicyclic) bond motifs is 1. The fourth-order valence-corrected chi connectivity index (χ4v) is 4.95. The first kappa shape index (κ1) is 27.4. The van der Waals surface area contributed by atoms with Gasteiger partial charge >= 0.3 is 11.9 Å². The van der Waals surface area contributed by atoms with Crippen molar-refractivity contribution in [2.75, 3.05) is 19.6 Å². The lowest BCUT2D eigenvalue weighted by molar-refractivity contribution is -0.134. The predicted molar refractivity (Wildman–Crippen MR) is 138 cm³/mol.